The van der Waals surface area contributed by atoms with E-state index in [0.717, 1.165) is 10.2 Å². The van der Waals surface area contributed by atoms with Crippen molar-refractivity contribution in [1.82, 2.24) is 0 Å². The lowest BCUT2D eigenvalue weighted by molar-refractivity contribution is 0.0552. The topological polar surface area (TPSA) is 38.8 Å². The zero-order valence-electron chi connectivity index (χ0n) is 11.6. The van der Waals surface area contributed by atoms with Gasteiger partial charge in [0.2, 0.25) is 0 Å². The number of anilines is 1. The highest BCUT2D eigenvalue weighted by Crippen LogP contribution is 2.36. The van der Waals surface area contributed by atoms with Crippen LogP contribution in [0.5, 0.6) is 5.75 Å². The van der Waals surface area contributed by atoms with Crippen LogP contribution in [-0.2, 0) is 4.74 Å². The molecule has 1 aromatic rings. The molecular formula is C14H18BrNO3. The maximum Gasteiger partial charge on any atom is 0.415 e. The fourth-order valence-corrected chi connectivity index (χ4v) is 2.24. The van der Waals surface area contributed by atoms with Gasteiger partial charge in [0.15, 0.2) is 0 Å². The van der Waals surface area contributed by atoms with Gasteiger partial charge in [0, 0.05) is 4.47 Å². The maximum atomic E-state index is 12.2. The highest BCUT2D eigenvalue weighted by atomic mass is 79.9. The van der Waals surface area contributed by atoms with Crippen LogP contribution in [0.25, 0.3) is 0 Å². The first-order valence-electron chi connectivity index (χ1n) is 6.23. The highest BCUT2D eigenvalue weighted by Gasteiger charge is 2.31. The number of rotatable bonds is 0. The van der Waals surface area contributed by atoms with Crippen LogP contribution in [0.2, 0.25) is 0 Å². The molecule has 1 unspecified atom stereocenters. The molecule has 19 heavy (non-hydrogen) atoms. The van der Waals surface area contributed by atoms with Gasteiger partial charge in [-0.1, -0.05) is 15.9 Å². The summed E-state index contributed by atoms with van der Waals surface area (Å²) >= 11 is 3.40. The Balaban J connectivity index is 2.30. The molecule has 0 N–H and O–H groups in total. The number of hydrogen-bond acceptors (Lipinski definition) is 3. The van der Waals surface area contributed by atoms with E-state index in [4.69, 9.17) is 9.47 Å². The Kier molecular flexibility index (Phi) is 3.76. The Morgan fingerprint density at radius 3 is 2.79 bits per heavy atom. The van der Waals surface area contributed by atoms with Gasteiger partial charge in [-0.05, 0) is 45.9 Å². The second-order valence-electron chi connectivity index (χ2n) is 5.63. The van der Waals surface area contributed by atoms with Crippen LogP contribution in [-0.4, -0.2) is 24.3 Å². The predicted octanol–water partition coefficient (Wildman–Crippen LogP) is 3.97. The zero-order chi connectivity index (χ0) is 14.2. The number of carbonyl (C=O) groups is 1. The third-order valence-electron chi connectivity index (χ3n) is 2.59. The molecule has 0 aliphatic carbocycles. The van der Waals surface area contributed by atoms with Crippen molar-refractivity contribution < 1.29 is 14.3 Å². The molecule has 0 bridgehead atoms. The number of benzene rings is 1. The van der Waals surface area contributed by atoms with Crippen LogP contribution in [0, 0.1) is 0 Å². The molecule has 4 nitrogen and oxygen atoms in total. The number of ether oxygens (including phenoxy) is 2. The van der Waals surface area contributed by atoms with Gasteiger partial charge < -0.3 is 9.47 Å². The molecule has 1 atom stereocenters. The molecule has 0 spiro atoms. The van der Waals surface area contributed by atoms with Crippen LogP contribution in [0.4, 0.5) is 10.5 Å². The Bertz CT molecular complexity index is 496. The molecule has 1 amide bonds. The number of nitrogens with zero attached hydrogens (tertiary/aromatic N) is 1. The monoisotopic (exact) mass is 327 g/mol. The van der Waals surface area contributed by atoms with Crippen molar-refractivity contribution in [2.24, 2.45) is 0 Å². The van der Waals surface area contributed by atoms with Crippen LogP contribution >= 0.6 is 15.9 Å². The van der Waals surface area contributed by atoms with E-state index in [2.05, 4.69) is 15.9 Å². The average Bonchev–Trinajstić information content (AvgIpc) is 2.24. The van der Waals surface area contributed by atoms with Gasteiger partial charge in [0.05, 0.1) is 12.2 Å². The average molecular weight is 328 g/mol. The van der Waals surface area contributed by atoms with E-state index in [1.54, 1.807) is 4.90 Å². The summed E-state index contributed by atoms with van der Waals surface area (Å²) in [6.07, 6.45) is -0.402. The van der Waals surface area contributed by atoms with Crippen LogP contribution < -0.4 is 9.64 Å². The molecular weight excluding hydrogens is 310 g/mol. The summed E-state index contributed by atoms with van der Waals surface area (Å²) in [5.41, 5.74) is 0.240. The van der Waals surface area contributed by atoms with Gasteiger partial charge in [-0.15, -0.1) is 0 Å². The summed E-state index contributed by atoms with van der Waals surface area (Å²) in [5, 5.41) is 0. The smallest absolute Gasteiger partial charge is 0.415 e. The molecule has 0 saturated heterocycles. The van der Waals surface area contributed by atoms with E-state index in [0.29, 0.717) is 12.3 Å². The SMILES string of the molecule is CC1CN(C(=O)OC(C)(C)C)c2ccc(Br)cc2O1. The van der Waals surface area contributed by atoms with Crippen molar-refractivity contribution in [2.75, 3.05) is 11.4 Å². The molecule has 0 radical (unpaired) electrons. The molecule has 0 fully saturated rings. The van der Waals surface area contributed by atoms with Crippen LogP contribution in [0.15, 0.2) is 22.7 Å². The van der Waals surface area contributed by atoms with Crippen molar-refractivity contribution in [2.45, 2.75) is 39.4 Å². The molecule has 1 aromatic carbocycles. The summed E-state index contributed by atoms with van der Waals surface area (Å²) in [6, 6.07) is 5.60. The third-order valence-corrected chi connectivity index (χ3v) is 3.09. The Morgan fingerprint density at radius 2 is 2.16 bits per heavy atom. The van der Waals surface area contributed by atoms with E-state index in [1.807, 2.05) is 45.9 Å². The fourth-order valence-electron chi connectivity index (χ4n) is 1.90. The quantitative estimate of drug-likeness (QED) is 0.723. The summed E-state index contributed by atoms with van der Waals surface area (Å²) in [5.74, 6) is 0.694. The Labute approximate surface area is 121 Å². The fraction of sp³-hybridized carbons (Fsp3) is 0.500. The second kappa shape index (κ2) is 5.04. The summed E-state index contributed by atoms with van der Waals surface area (Å²) in [6.45, 7) is 8.00. The van der Waals surface area contributed by atoms with Crippen molar-refractivity contribution in [1.29, 1.82) is 0 Å². The van der Waals surface area contributed by atoms with E-state index in [-0.39, 0.29) is 12.2 Å². The Hall–Kier alpha value is -1.23. The lowest BCUT2D eigenvalue weighted by atomic mass is 10.2. The zero-order valence-corrected chi connectivity index (χ0v) is 13.2. The normalized spacial score (nSPS) is 18.6. The number of carbonyl (C=O) groups excluding carboxylic acids is 1. The summed E-state index contributed by atoms with van der Waals surface area (Å²) in [7, 11) is 0. The number of amides is 1. The van der Waals surface area contributed by atoms with Gasteiger partial charge in [0.25, 0.3) is 0 Å². The van der Waals surface area contributed by atoms with Crippen molar-refractivity contribution in [3.05, 3.63) is 22.7 Å². The lowest BCUT2D eigenvalue weighted by Gasteiger charge is -2.34. The third kappa shape index (κ3) is 3.41. The van der Waals surface area contributed by atoms with Gasteiger partial charge in [-0.3, -0.25) is 4.90 Å². The minimum absolute atomic E-state index is 0.0608. The molecule has 0 saturated carbocycles. The summed E-state index contributed by atoms with van der Waals surface area (Å²) < 4.78 is 12.1. The number of fused-ring (bicyclic) bond motifs is 1. The molecule has 5 heteroatoms. The van der Waals surface area contributed by atoms with E-state index in [1.165, 1.54) is 0 Å². The predicted molar refractivity (Wildman–Crippen MR) is 77.8 cm³/mol. The maximum absolute atomic E-state index is 12.2. The van der Waals surface area contributed by atoms with Crippen molar-refractivity contribution in [3.63, 3.8) is 0 Å². The van der Waals surface area contributed by atoms with Crippen molar-refractivity contribution >= 4 is 27.7 Å². The van der Waals surface area contributed by atoms with Gasteiger partial charge in [0.1, 0.15) is 17.5 Å². The lowest BCUT2D eigenvalue weighted by Crippen LogP contribution is -2.44. The first-order chi connectivity index (χ1) is 8.76. The van der Waals surface area contributed by atoms with Crippen LogP contribution in [0.3, 0.4) is 0 Å². The van der Waals surface area contributed by atoms with E-state index >= 15 is 0 Å². The van der Waals surface area contributed by atoms with Crippen molar-refractivity contribution in [3.8, 4) is 5.75 Å². The first kappa shape index (κ1) is 14.2. The molecule has 1 aliphatic heterocycles. The van der Waals surface area contributed by atoms with Gasteiger partial charge in [-0.25, -0.2) is 4.79 Å². The van der Waals surface area contributed by atoms with E-state index in [9.17, 15) is 4.79 Å². The number of hydrogen-bond donors (Lipinski definition) is 0. The van der Waals surface area contributed by atoms with Crippen LogP contribution in [0.1, 0.15) is 27.7 Å². The molecule has 104 valence electrons. The number of halogens is 1. The first-order valence-corrected chi connectivity index (χ1v) is 7.02. The minimum atomic E-state index is -0.506. The molecule has 1 heterocycles. The molecule has 2 rings (SSSR count). The van der Waals surface area contributed by atoms with Gasteiger partial charge in [-0.2, -0.15) is 0 Å². The second-order valence-corrected chi connectivity index (χ2v) is 6.55. The Morgan fingerprint density at radius 1 is 1.47 bits per heavy atom. The minimum Gasteiger partial charge on any atom is -0.487 e. The van der Waals surface area contributed by atoms with E-state index < -0.39 is 5.60 Å². The largest absolute Gasteiger partial charge is 0.487 e. The summed E-state index contributed by atoms with van der Waals surface area (Å²) in [4.78, 5) is 13.9. The van der Waals surface area contributed by atoms with Gasteiger partial charge >= 0.3 is 6.09 Å². The standard InChI is InChI=1S/C14H18BrNO3/c1-9-8-16(13(17)19-14(2,3)4)11-6-5-10(15)7-12(11)18-9/h5-7,9H,8H2,1-4H3. The molecule has 0 aromatic heterocycles. The molecule has 1 aliphatic rings. The highest BCUT2D eigenvalue weighted by molar-refractivity contribution is 9.10.